The van der Waals surface area contributed by atoms with Gasteiger partial charge in [0.05, 0.1) is 17.3 Å². The summed E-state index contributed by atoms with van der Waals surface area (Å²) in [6, 6.07) is 12.4. The zero-order valence-corrected chi connectivity index (χ0v) is 14.5. The van der Waals surface area contributed by atoms with Crippen molar-refractivity contribution < 1.29 is 9.53 Å². The lowest BCUT2D eigenvalue weighted by Crippen LogP contribution is -2.34. The maximum atomic E-state index is 12.2. The third-order valence-electron chi connectivity index (χ3n) is 3.72. The van der Waals surface area contributed by atoms with Crippen LogP contribution in [0.4, 0.5) is 11.5 Å². The van der Waals surface area contributed by atoms with Crippen LogP contribution in [0.5, 0.6) is 5.75 Å². The van der Waals surface area contributed by atoms with E-state index in [1.807, 2.05) is 23.9 Å². The van der Waals surface area contributed by atoms with E-state index >= 15 is 0 Å². The summed E-state index contributed by atoms with van der Waals surface area (Å²) in [6.07, 6.45) is 1.74. The Balaban J connectivity index is 1.60. The van der Waals surface area contributed by atoms with E-state index in [9.17, 15) is 4.79 Å². The van der Waals surface area contributed by atoms with Crippen molar-refractivity contribution in [2.75, 3.05) is 41.4 Å². The highest BCUT2D eigenvalue weighted by Crippen LogP contribution is 2.25. The average Bonchev–Trinajstić information content (AvgIpc) is 2.68. The van der Waals surface area contributed by atoms with E-state index in [1.54, 1.807) is 36.5 Å². The van der Waals surface area contributed by atoms with Gasteiger partial charge in [-0.1, -0.05) is 0 Å². The predicted molar refractivity (Wildman–Crippen MR) is 99.1 cm³/mol. The number of pyridine rings is 1. The van der Waals surface area contributed by atoms with E-state index < -0.39 is 0 Å². The minimum Gasteiger partial charge on any atom is -0.484 e. The topological polar surface area (TPSA) is 78.2 Å². The molecule has 2 heterocycles. The maximum Gasteiger partial charge on any atom is 0.262 e. The SMILES string of the molecule is N#Cc1ccc(OCC(=O)Nc2cccnc2N2CCSCC2)cc1. The molecule has 0 saturated carbocycles. The Morgan fingerprint density at radius 2 is 2.04 bits per heavy atom. The number of rotatable bonds is 5. The Hall–Kier alpha value is -2.72. The second-order valence-electron chi connectivity index (χ2n) is 5.45. The van der Waals surface area contributed by atoms with E-state index in [4.69, 9.17) is 10.00 Å². The molecule has 1 aromatic carbocycles. The summed E-state index contributed by atoms with van der Waals surface area (Å²) in [6.45, 7) is 1.74. The Morgan fingerprint density at radius 1 is 1.28 bits per heavy atom. The van der Waals surface area contributed by atoms with Gasteiger partial charge in [-0.25, -0.2) is 4.98 Å². The standard InChI is InChI=1S/C18H18N4O2S/c19-12-14-3-5-15(6-4-14)24-13-17(23)21-16-2-1-7-20-18(16)22-8-10-25-11-9-22/h1-7H,8-11,13H2,(H,21,23). The number of hydrogen-bond acceptors (Lipinski definition) is 6. The third-order valence-corrected chi connectivity index (χ3v) is 4.67. The predicted octanol–water partition coefficient (Wildman–Crippen LogP) is 2.52. The molecule has 128 valence electrons. The molecule has 0 spiro atoms. The number of anilines is 2. The summed E-state index contributed by atoms with van der Waals surface area (Å²) in [5.41, 5.74) is 1.25. The first kappa shape index (κ1) is 17.1. The quantitative estimate of drug-likeness (QED) is 0.889. The van der Waals surface area contributed by atoms with Crippen molar-refractivity contribution in [2.24, 2.45) is 0 Å². The minimum absolute atomic E-state index is 0.101. The largest absolute Gasteiger partial charge is 0.484 e. The molecule has 25 heavy (non-hydrogen) atoms. The molecule has 0 atom stereocenters. The molecule has 7 heteroatoms. The molecule has 1 aliphatic heterocycles. The number of benzene rings is 1. The summed E-state index contributed by atoms with van der Waals surface area (Å²) in [4.78, 5) is 18.8. The van der Waals surface area contributed by atoms with Crippen molar-refractivity contribution in [3.8, 4) is 11.8 Å². The summed E-state index contributed by atoms with van der Waals surface area (Å²) in [7, 11) is 0. The molecule has 0 bridgehead atoms. The highest BCUT2D eigenvalue weighted by Gasteiger charge is 2.17. The van der Waals surface area contributed by atoms with Crippen LogP contribution < -0.4 is 15.0 Å². The van der Waals surface area contributed by atoms with Crippen LogP contribution in [0.15, 0.2) is 42.6 Å². The van der Waals surface area contributed by atoms with Crippen molar-refractivity contribution in [2.45, 2.75) is 0 Å². The number of carbonyl (C=O) groups is 1. The van der Waals surface area contributed by atoms with Crippen LogP contribution in [-0.2, 0) is 4.79 Å². The molecule has 3 rings (SSSR count). The zero-order chi connectivity index (χ0) is 17.5. The van der Waals surface area contributed by atoms with Crippen LogP contribution in [0.3, 0.4) is 0 Å². The number of amides is 1. The van der Waals surface area contributed by atoms with Gasteiger partial charge < -0.3 is 15.0 Å². The maximum absolute atomic E-state index is 12.2. The summed E-state index contributed by atoms with van der Waals surface area (Å²) >= 11 is 1.92. The molecule has 0 unspecified atom stereocenters. The fourth-order valence-corrected chi connectivity index (χ4v) is 3.39. The number of nitriles is 1. The van der Waals surface area contributed by atoms with Crippen molar-refractivity contribution in [3.05, 3.63) is 48.2 Å². The molecule has 1 fully saturated rings. The van der Waals surface area contributed by atoms with Crippen LogP contribution in [0, 0.1) is 11.3 Å². The van der Waals surface area contributed by atoms with Crippen LogP contribution in [-0.4, -0.2) is 42.1 Å². The lowest BCUT2D eigenvalue weighted by atomic mass is 10.2. The van der Waals surface area contributed by atoms with Gasteiger partial charge in [-0.15, -0.1) is 0 Å². The van der Waals surface area contributed by atoms with Gasteiger partial charge in [0.1, 0.15) is 5.75 Å². The molecule has 0 radical (unpaired) electrons. The van der Waals surface area contributed by atoms with Crippen LogP contribution in [0.1, 0.15) is 5.56 Å². The third kappa shape index (κ3) is 4.64. The lowest BCUT2D eigenvalue weighted by molar-refractivity contribution is -0.118. The fourth-order valence-electron chi connectivity index (χ4n) is 2.48. The summed E-state index contributed by atoms with van der Waals surface area (Å²) in [5.74, 6) is 3.23. The molecular weight excluding hydrogens is 336 g/mol. The monoisotopic (exact) mass is 354 g/mol. The van der Waals surface area contributed by atoms with Gasteiger partial charge in [0.15, 0.2) is 12.4 Å². The zero-order valence-electron chi connectivity index (χ0n) is 13.6. The number of carbonyl (C=O) groups excluding carboxylic acids is 1. The van der Waals surface area contributed by atoms with Crippen molar-refractivity contribution >= 4 is 29.2 Å². The molecule has 1 amide bonds. The number of hydrogen-bond donors (Lipinski definition) is 1. The first-order valence-corrected chi connectivity index (χ1v) is 9.12. The van der Waals surface area contributed by atoms with E-state index in [2.05, 4.69) is 15.2 Å². The van der Waals surface area contributed by atoms with Crippen LogP contribution in [0.25, 0.3) is 0 Å². The second kappa shape index (κ2) is 8.40. The number of thioether (sulfide) groups is 1. The molecule has 1 N–H and O–H groups in total. The van der Waals surface area contributed by atoms with Crippen molar-refractivity contribution in [3.63, 3.8) is 0 Å². The molecular formula is C18H18N4O2S. The number of nitrogens with one attached hydrogen (secondary N) is 1. The molecule has 0 aliphatic carbocycles. The average molecular weight is 354 g/mol. The molecule has 1 aromatic heterocycles. The highest BCUT2D eigenvalue weighted by molar-refractivity contribution is 7.99. The number of ether oxygens (including phenoxy) is 1. The number of aromatic nitrogens is 1. The highest BCUT2D eigenvalue weighted by atomic mass is 32.2. The van der Waals surface area contributed by atoms with E-state index in [0.29, 0.717) is 17.0 Å². The molecule has 2 aromatic rings. The second-order valence-corrected chi connectivity index (χ2v) is 6.67. The summed E-state index contributed by atoms with van der Waals surface area (Å²) < 4.78 is 5.47. The van der Waals surface area contributed by atoms with Crippen molar-refractivity contribution in [1.29, 1.82) is 5.26 Å². The minimum atomic E-state index is -0.245. The first-order chi connectivity index (χ1) is 12.3. The van der Waals surface area contributed by atoms with Gasteiger partial charge in [-0.2, -0.15) is 17.0 Å². The van der Waals surface area contributed by atoms with E-state index in [0.717, 1.165) is 30.4 Å². The molecule has 6 nitrogen and oxygen atoms in total. The first-order valence-electron chi connectivity index (χ1n) is 7.97. The van der Waals surface area contributed by atoms with Crippen LogP contribution >= 0.6 is 11.8 Å². The van der Waals surface area contributed by atoms with Gasteiger partial charge in [-0.3, -0.25) is 4.79 Å². The number of nitrogens with zero attached hydrogens (tertiary/aromatic N) is 3. The molecule has 1 aliphatic rings. The van der Waals surface area contributed by atoms with Gasteiger partial charge >= 0.3 is 0 Å². The lowest BCUT2D eigenvalue weighted by Gasteiger charge is -2.29. The van der Waals surface area contributed by atoms with Crippen LogP contribution in [0.2, 0.25) is 0 Å². The van der Waals surface area contributed by atoms with Gasteiger partial charge in [0, 0.05) is 30.8 Å². The summed E-state index contributed by atoms with van der Waals surface area (Å²) in [5, 5.41) is 11.7. The Morgan fingerprint density at radius 3 is 2.76 bits per heavy atom. The van der Waals surface area contributed by atoms with E-state index in [1.165, 1.54) is 0 Å². The van der Waals surface area contributed by atoms with Gasteiger partial charge in [0.25, 0.3) is 5.91 Å². The Kier molecular flexibility index (Phi) is 5.75. The Labute approximate surface area is 150 Å². The van der Waals surface area contributed by atoms with Gasteiger partial charge in [0.2, 0.25) is 0 Å². The smallest absolute Gasteiger partial charge is 0.262 e. The van der Waals surface area contributed by atoms with E-state index in [-0.39, 0.29) is 12.5 Å². The fraction of sp³-hybridized carbons (Fsp3) is 0.278. The normalized spacial score (nSPS) is 13.8. The molecule has 1 saturated heterocycles. The van der Waals surface area contributed by atoms with Gasteiger partial charge in [-0.05, 0) is 36.4 Å². The van der Waals surface area contributed by atoms with Crippen molar-refractivity contribution in [1.82, 2.24) is 4.98 Å². The Bertz CT molecular complexity index is 767.